The Hall–Kier alpha value is -2.26. The molecular formula is C30H44N2O5S. The monoisotopic (exact) mass is 544 g/mol. The van der Waals surface area contributed by atoms with Gasteiger partial charge in [-0.3, -0.25) is 9.69 Å². The predicted molar refractivity (Wildman–Crippen MR) is 153 cm³/mol. The molecule has 0 saturated carbocycles. The number of hydrogen-bond donors (Lipinski definition) is 0. The smallest absolute Gasteiger partial charge is 0.348 e. The lowest BCUT2D eigenvalue weighted by Gasteiger charge is -2.26. The van der Waals surface area contributed by atoms with Gasteiger partial charge in [0.15, 0.2) is 0 Å². The van der Waals surface area contributed by atoms with E-state index < -0.39 is 0 Å². The van der Waals surface area contributed by atoms with E-state index in [0.717, 1.165) is 69.2 Å². The Kier molecular flexibility index (Phi) is 13.8. The van der Waals surface area contributed by atoms with Gasteiger partial charge in [0.1, 0.15) is 11.5 Å². The van der Waals surface area contributed by atoms with Crippen molar-refractivity contribution in [2.45, 2.75) is 64.9 Å². The molecule has 0 unspecified atom stereocenters. The minimum absolute atomic E-state index is 0.249. The van der Waals surface area contributed by atoms with E-state index >= 15 is 0 Å². The third kappa shape index (κ3) is 10.5. The third-order valence-electron chi connectivity index (χ3n) is 6.78. The minimum Gasteiger partial charge on any atom is -0.460 e. The number of benzene rings is 1. The Labute approximate surface area is 232 Å². The van der Waals surface area contributed by atoms with E-state index in [1.54, 1.807) is 13.2 Å². The number of anilines is 1. The number of piperidine rings is 1. The molecule has 7 nitrogen and oxygen atoms in total. The maximum absolute atomic E-state index is 11.8. The zero-order chi connectivity index (χ0) is 27.0. The summed E-state index contributed by atoms with van der Waals surface area (Å²) in [5, 5.41) is 0. The third-order valence-corrected chi connectivity index (χ3v) is 7.82. The van der Waals surface area contributed by atoms with E-state index in [1.165, 1.54) is 42.6 Å². The molecule has 0 radical (unpaired) electrons. The SMILES string of the molecule is CCCCCCc1ccc(N2CCCCC2=O)cc1.COCc1ccc(C(=O)OCCN2CCOCC2)s1. The number of aryl methyl sites for hydroxylation is 1. The Morgan fingerprint density at radius 3 is 2.50 bits per heavy atom. The molecule has 2 saturated heterocycles. The fourth-order valence-electron chi connectivity index (χ4n) is 4.55. The maximum atomic E-state index is 11.8. The van der Waals surface area contributed by atoms with Gasteiger partial charge in [0.25, 0.3) is 0 Å². The quantitative estimate of drug-likeness (QED) is 0.252. The Bertz CT molecular complexity index is 956. The molecule has 0 aliphatic carbocycles. The molecular weight excluding hydrogens is 500 g/mol. The van der Waals surface area contributed by atoms with Crippen molar-refractivity contribution in [1.82, 2.24) is 4.90 Å². The van der Waals surface area contributed by atoms with Gasteiger partial charge >= 0.3 is 5.97 Å². The number of thiophene rings is 1. The summed E-state index contributed by atoms with van der Waals surface area (Å²) in [7, 11) is 1.64. The van der Waals surface area contributed by atoms with E-state index in [2.05, 4.69) is 36.1 Å². The van der Waals surface area contributed by atoms with Crippen molar-refractivity contribution in [2.75, 3.05) is 58.0 Å². The van der Waals surface area contributed by atoms with Gasteiger partial charge < -0.3 is 19.1 Å². The number of carbonyl (C=O) groups excluding carboxylic acids is 2. The Morgan fingerprint density at radius 2 is 1.79 bits per heavy atom. The normalized spacial score (nSPS) is 16.2. The highest BCUT2D eigenvalue weighted by atomic mass is 32.1. The van der Waals surface area contributed by atoms with Gasteiger partial charge in [-0.2, -0.15) is 0 Å². The number of hydrogen-bond acceptors (Lipinski definition) is 7. The molecule has 0 atom stereocenters. The first-order chi connectivity index (χ1) is 18.6. The van der Waals surface area contributed by atoms with E-state index in [9.17, 15) is 9.59 Å². The summed E-state index contributed by atoms with van der Waals surface area (Å²) in [5.41, 5.74) is 2.46. The first-order valence-electron chi connectivity index (χ1n) is 14.0. The molecule has 4 rings (SSSR count). The van der Waals surface area contributed by atoms with Gasteiger partial charge in [0, 0.05) is 50.3 Å². The van der Waals surface area contributed by atoms with Gasteiger partial charge in [-0.05, 0) is 55.5 Å². The number of methoxy groups -OCH3 is 1. The zero-order valence-corrected chi connectivity index (χ0v) is 23.9. The Morgan fingerprint density at radius 1 is 1.00 bits per heavy atom. The Balaban J connectivity index is 0.000000211. The van der Waals surface area contributed by atoms with E-state index in [-0.39, 0.29) is 11.9 Å². The second-order valence-corrected chi connectivity index (χ2v) is 10.9. The molecule has 8 heteroatoms. The van der Waals surface area contributed by atoms with Crippen LogP contribution in [0.2, 0.25) is 0 Å². The fraction of sp³-hybridized carbons (Fsp3) is 0.600. The number of nitrogens with zero attached hydrogens (tertiary/aromatic N) is 2. The number of morpholine rings is 1. The lowest BCUT2D eigenvalue weighted by molar-refractivity contribution is -0.119. The van der Waals surface area contributed by atoms with Crippen molar-refractivity contribution >= 4 is 28.9 Å². The second-order valence-electron chi connectivity index (χ2n) is 9.77. The van der Waals surface area contributed by atoms with Gasteiger partial charge in [-0.15, -0.1) is 11.3 Å². The van der Waals surface area contributed by atoms with Crippen molar-refractivity contribution in [3.8, 4) is 0 Å². The van der Waals surface area contributed by atoms with Crippen molar-refractivity contribution in [3.05, 3.63) is 51.7 Å². The highest BCUT2D eigenvalue weighted by Gasteiger charge is 2.19. The van der Waals surface area contributed by atoms with Crippen molar-refractivity contribution in [1.29, 1.82) is 0 Å². The molecule has 0 N–H and O–H groups in total. The summed E-state index contributed by atoms with van der Waals surface area (Å²) in [6, 6.07) is 12.3. The lowest BCUT2D eigenvalue weighted by Crippen LogP contribution is -2.38. The van der Waals surface area contributed by atoms with Gasteiger partial charge in [-0.1, -0.05) is 38.3 Å². The van der Waals surface area contributed by atoms with Crippen molar-refractivity contribution in [2.24, 2.45) is 0 Å². The van der Waals surface area contributed by atoms with Gasteiger partial charge in [-0.25, -0.2) is 4.79 Å². The molecule has 1 aromatic heterocycles. The van der Waals surface area contributed by atoms with Crippen LogP contribution in [0.5, 0.6) is 0 Å². The van der Waals surface area contributed by atoms with E-state index in [1.807, 2.05) is 11.0 Å². The van der Waals surface area contributed by atoms with Crippen LogP contribution in [-0.4, -0.2) is 69.9 Å². The van der Waals surface area contributed by atoms with Crippen LogP contribution in [-0.2, 0) is 32.0 Å². The molecule has 3 heterocycles. The average molecular weight is 545 g/mol. The molecule has 38 heavy (non-hydrogen) atoms. The number of unbranched alkanes of at least 4 members (excludes halogenated alkanes) is 3. The van der Waals surface area contributed by atoms with Crippen LogP contribution < -0.4 is 4.90 Å². The van der Waals surface area contributed by atoms with Crippen molar-refractivity contribution < 1.29 is 23.8 Å². The number of carbonyl (C=O) groups is 2. The molecule has 1 aromatic carbocycles. The molecule has 1 amide bonds. The fourth-order valence-corrected chi connectivity index (χ4v) is 5.42. The lowest BCUT2D eigenvalue weighted by atomic mass is 10.0. The number of rotatable bonds is 12. The van der Waals surface area contributed by atoms with Crippen LogP contribution in [0.25, 0.3) is 0 Å². The molecule has 0 bridgehead atoms. The van der Waals surface area contributed by atoms with Crippen molar-refractivity contribution in [3.63, 3.8) is 0 Å². The zero-order valence-electron chi connectivity index (χ0n) is 23.1. The topological polar surface area (TPSA) is 68.3 Å². The summed E-state index contributed by atoms with van der Waals surface area (Å²) in [5.74, 6) is 0.0301. The summed E-state index contributed by atoms with van der Waals surface area (Å²) >= 11 is 1.42. The summed E-state index contributed by atoms with van der Waals surface area (Å²) in [6.07, 6.45) is 9.26. The second kappa shape index (κ2) is 17.4. The number of amides is 1. The highest BCUT2D eigenvalue weighted by molar-refractivity contribution is 7.13. The summed E-state index contributed by atoms with van der Waals surface area (Å²) in [4.78, 5) is 29.5. The highest BCUT2D eigenvalue weighted by Crippen LogP contribution is 2.22. The minimum atomic E-state index is -0.249. The standard InChI is InChI=1S/C17H25NO.C13H19NO4S/c1-2-3-4-5-8-15-10-12-16(13-11-15)18-14-7-6-9-17(18)19;1-16-10-11-2-3-12(19-11)13(15)18-9-6-14-4-7-17-8-5-14/h10-13H,2-9,14H2,1H3;2-3H,4-10H2,1H3. The first kappa shape index (κ1) is 30.3. The maximum Gasteiger partial charge on any atom is 0.348 e. The van der Waals surface area contributed by atoms with Crippen LogP contribution >= 0.6 is 11.3 Å². The average Bonchev–Trinajstić information content (AvgIpc) is 3.42. The molecule has 210 valence electrons. The summed E-state index contributed by atoms with van der Waals surface area (Å²) in [6.45, 7) is 8.20. The molecule has 2 aliphatic heterocycles. The summed E-state index contributed by atoms with van der Waals surface area (Å²) < 4.78 is 15.6. The first-order valence-corrected chi connectivity index (χ1v) is 14.9. The van der Waals surface area contributed by atoms with Crippen LogP contribution in [0.1, 0.15) is 72.0 Å². The van der Waals surface area contributed by atoms with Crippen LogP contribution in [0, 0.1) is 0 Å². The molecule has 2 aromatic rings. The predicted octanol–water partition coefficient (Wildman–Crippen LogP) is 5.71. The molecule has 0 spiro atoms. The van der Waals surface area contributed by atoms with Crippen LogP contribution in [0.15, 0.2) is 36.4 Å². The molecule has 2 aliphatic rings. The number of ether oxygens (including phenoxy) is 3. The molecule has 2 fully saturated rings. The van der Waals surface area contributed by atoms with E-state index in [4.69, 9.17) is 14.2 Å². The number of esters is 1. The van der Waals surface area contributed by atoms with Gasteiger partial charge in [0.05, 0.1) is 19.8 Å². The largest absolute Gasteiger partial charge is 0.460 e. The van der Waals surface area contributed by atoms with E-state index in [0.29, 0.717) is 24.5 Å². The van der Waals surface area contributed by atoms with Gasteiger partial charge in [0.2, 0.25) is 5.91 Å². The van der Waals surface area contributed by atoms with Crippen LogP contribution in [0.3, 0.4) is 0 Å². The van der Waals surface area contributed by atoms with Crippen LogP contribution in [0.4, 0.5) is 5.69 Å².